The van der Waals surface area contributed by atoms with Crippen LogP contribution in [0.2, 0.25) is 0 Å². The number of anilines is 1. The molecule has 1 aromatic heterocycles. The van der Waals surface area contributed by atoms with Crippen molar-refractivity contribution in [2.75, 3.05) is 19.0 Å². The van der Waals surface area contributed by atoms with Crippen molar-refractivity contribution in [3.8, 4) is 0 Å². The molecular formula is C14H18N2O3S. The number of furan rings is 1. The Labute approximate surface area is 122 Å². The minimum Gasteiger partial charge on any atom is -0.441 e. The second-order valence-electron chi connectivity index (χ2n) is 4.88. The molecule has 1 fully saturated rings. The molecule has 2 heterocycles. The molecule has 1 aliphatic heterocycles. The number of carbonyl (C=O) groups excluding carboxylic acids is 2. The van der Waals surface area contributed by atoms with E-state index in [9.17, 15) is 9.59 Å². The van der Waals surface area contributed by atoms with Crippen molar-refractivity contribution in [2.24, 2.45) is 0 Å². The Morgan fingerprint density at radius 1 is 1.40 bits per heavy atom. The molecule has 0 N–H and O–H groups in total. The monoisotopic (exact) mass is 294 g/mol. The van der Waals surface area contributed by atoms with Gasteiger partial charge in [-0.3, -0.25) is 14.5 Å². The molecule has 108 valence electrons. The minimum absolute atomic E-state index is 0.0812. The summed E-state index contributed by atoms with van der Waals surface area (Å²) < 4.78 is 5.57. The van der Waals surface area contributed by atoms with Crippen LogP contribution in [-0.4, -0.2) is 36.2 Å². The van der Waals surface area contributed by atoms with Gasteiger partial charge in [-0.2, -0.15) is 0 Å². The van der Waals surface area contributed by atoms with Gasteiger partial charge in [0.25, 0.3) is 11.1 Å². The Morgan fingerprint density at radius 2 is 2.10 bits per heavy atom. The van der Waals surface area contributed by atoms with Crippen LogP contribution < -0.4 is 4.90 Å². The maximum absolute atomic E-state index is 12.2. The van der Waals surface area contributed by atoms with Crippen molar-refractivity contribution in [1.29, 1.82) is 0 Å². The standard InChI is InChI=1S/C14H18N2O3S/c1-5-9(2)16-13(17)11(20-14(16)18)8-10-6-7-12(19-10)15(3)4/h6-9H,5H2,1-4H3/b11-8+/t9-/m0/s1. The fraction of sp³-hybridized carbons (Fsp3) is 0.429. The molecule has 1 atom stereocenters. The Bertz CT molecular complexity index is 563. The van der Waals surface area contributed by atoms with Gasteiger partial charge in [0, 0.05) is 32.3 Å². The Morgan fingerprint density at radius 3 is 2.65 bits per heavy atom. The predicted octanol–water partition coefficient (Wildman–Crippen LogP) is 3.18. The van der Waals surface area contributed by atoms with Gasteiger partial charge < -0.3 is 9.32 Å². The number of nitrogens with zero attached hydrogens (tertiary/aromatic N) is 2. The fourth-order valence-corrected chi connectivity index (χ4v) is 2.74. The fourth-order valence-electron chi connectivity index (χ4n) is 1.83. The first-order valence-corrected chi connectivity index (χ1v) is 7.30. The van der Waals surface area contributed by atoms with Gasteiger partial charge in [0.1, 0.15) is 5.76 Å². The van der Waals surface area contributed by atoms with E-state index in [4.69, 9.17) is 4.42 Å². The summed E-state index contributed by atoms with van der Waals surface area (Å²) in [5.74, 6) is 1.04. The Balaban J connectivity index is 2.23. The summed E-state index contributed by atoms with van der Waals surface area (Å²) in [6.45, 7) is 3.82. The van der Waals surface area contributed by atoms with Crippen LogP contribution in [0.5, 0.6) is 0 Å². The number of amides is 2. The highest BCUT2D eigenvalue weighted by atomic mass is 32.2. The highest BCUT2D eigenvalue weighted by molar-refractivity contribution is 8.18. The van der Waals surface area contributed by atoms with Crippen molar-refractivity contribution in [1.82, 2.24) is 4.90 Å². The average molecular weight is 294 g/mol. The SMILES string of the molecule is CC[C@H](C)N1C(=O)S/C(=C/c2ccc(N(C)C)o2)C1=O. The zero-order valence-electron chi connectivity index (χ0n) is 12.0. The van der Waals surface area contributed by atoms with Gasteiger partial charge in [0.05, 0.1) is 4.91 Å². The molecule has 5 nitrogen and oxygen atoms in total. The molecule has 1 aliphatic rings. The molecule has 2 amide bonds. The van der Waals surface area contributed by atoms with E-state index in [1.165, 1.54) is 4.90 Å². The smallest absolute Gasteiger partial charge is 0.293 e. The van der Waals surface area contributed by atoms with Gasteiger partial charge in [0.2, 0.25) is 0 Å². The third-order valence-corrected chi connectivity index (χ3v) is 4.07. The Hall–Kier alpha value is -1.69. The lowest BCUT2D eigenvalue weighted by Gasteiger charge is -2.19. The molecule has 0 aliphatic carbocycles. The van der Waals surface area contributed by atoms with Crippen molar-refractivity contribution < 1.29 is 14.0 Å². The van der Waals surface area contributed by atoms with Gasteiger partial charge in [0.15, 0.2) is 5.88 Å². The number of hydrogen-bond donors (Lipinski definition) is 0. The zero-order valence-corrected chi connectivity index (χ0v) is 12.9. The number of hydrogen-bond acceptors (Lipinski definition) is 5. The second-order valence-corrected chi connectivity index (χ2v) is 5.87. The van der Waals surface area contributed by atoms with E-state index in [1.807, 2.05) is 38.9 Å². The number of rotatable bonds is 4. The van der Waals surface area contributed by atoms with E-state index >= 15 is 0 Å². The molecule has 0 aromatic carbocycles. The molecule has 0 spiro atoms. The van der Waals surface area contributed by atoms with Crippen LogP contribution in [0.3, 0.4) is 0 Å². The highest BCUT2D eigenvalue weighted by Gasteiger charge is 2.37. The molecule has 1 aromatic rings. The lowest BCUT2D eigenvalue weighted by molar-refractivity contribution is -0.124. The largest absolute Gasteiger partial charge is 0.441 e. The summed E-state index contributed by atoms with van der Waals surface area (Å²) in [6.07, 6.45) is 2.37. The van der Waals surface area contributed by atoms with Crippen LogP contribution in [-0.2, 0) is 4.79 Å². The maximum Gasteiger partial charge on any atom is 0.293 e. The van der Waals surface area contributed by atoms with Crippen molar-refractivity contribution in [2.45, 2.75) is 26.3 Å². The van der Waals surface area contributed by atoms with Gasteiger partial charge in [-0.15, -0.1) is 0 Å². The summed E-state index contributed by atoms with van der Waals surface area (Å²) in [5, 5.41) is -0.213. The number of imide groups is 1. The van der Waals surface area contributed by atoms with Crippen LogP contribution in [0.1, 0.15) is 26.0 Å². The first-order valence-electron chi connectivity index (χ1n) is 6.48. The molecule has 0 radical (unpaired) electrons. The van der Waals surface area contributed by atoms with Gasteiger partial charge in [-0.05, 0) is 31.2 Å². The predicted molar refractivity (Wildman–Crippen MR) is 80.6 cm³/mol. The summed E-state index contributed by atoms with van der Waals surface area (Å²) in [4.78, 5) is 27.7. The normalized spacial score (nSPS) is 19.0. The van der Waals surface area contributed by atoms with Crippen LogP contribution in [0, 0.1) is 0 Å². The molecule has 0 saturated carbocycles. The molecular weight excluding hydrogens is 276 g/mol. The van der Waals surface area contributed by atoms with Crippen LogP contribution in [0.25, 0.3) is 6.08 Å². The van der Waals surface area contributed by atoms with Crippen molar-refractivity contribution >= 4 is 34.9 Å². The van der Waals surface area contributed by atoms with Crippen LogP contribution in [0.15, 0.2) is 21.5 Å². The van der Waals surface area contributed by atoms with Crippen molar-refractivity contribution in [3.63, 3.8) is 0 Å². The second kappa shape index (κ2) is 5.75. The zero-order chi connectivity index (χ0) is 14.9. The summed E-state index contributed by atoms with van der Waals surface area (Å²) >= 11 is 0.963. The summed E-state index contributed by atoms with van der Waals surface area (Å²) in [5.41, 5.74) is 0. The third-order valence-electron chi connectivity index (χ3n) is 3.18. The first-order chi connectivity index (χ1) is 9.43. The van der Waals surface area contributed by atoms with Gasteiger partial charge in [-0.25, -0.2) is 0 Å². The lowest BCUT2D eigenvalue weighted by Crippen LogP contribution is -2.36. The van der Waals surface area contributed by atoms with Gasteiger partial charge >= 0.3 is 0 Å². The van der Waals surface area contributed by atoms with Crippen LogP contribution >= 0.6 is 11.8 Å². The average Bonchev–Trinajstić information content (AvgIpc) is 2.96. The van der Waals surface area contributed by atoms with Crippen molar-refractivity contribution in [3.05, 3.63) is 22.8 Å². The summed E-state index contributed by atoms with van der Waals surface area (Å²) in [7, 11) is 3.75. The van der Waals surface area contributed by atoms with E-state index in [1.54, 1.807) is 12.1 Å². The quantitative estimate of drug-likeness (QED) is 0.798. The Kier molecular flexibility index (Phi) is 4.23. The highest BCUT2D eigenvalue weighted by Crippen LogP contribution is 2.34. The molecule has 1 saturated heterocycles. The minimum atomic E-state index is -0.239. The molecule has 2 rings (SSSR count). The number of carbonyl (C=O) groups is 2. The third kappa shape index (κ3) is 2.75. The van der Waals surface area contributed by atoms with E-state index < -0.39 is 0 Å². The van der Waals surface area contributed by atoms with Gasteiger partial charge in [-0.1, -0.05) is 6.92 Å². The molecule has 6 heteroatoms. The summed E-state index contributed by atoms with van der Waals surface area (Å²) in [6, 6.07) is 3.53. The maximum atomic E-state index is 12.2. The molecule has 0 bridgehead atoms. The van der Waals surface area contributed by atoms with E-state index in [-0.39, 0.29) is 17.2 Å². The first kappa shape index (κ1) is 14.7. The topological polar surface area (TPSA) is 53.8 Å². The van der Waals surface area contributed by atoms with E-state index in [2.05, 4.69) is 0 Å². The number of thioether (sulfide) groups is 1. The van der Waals surface area contributed by atoms with E-state index in [0.717, 1.165) is 18.2 Å². The van der Waals surface area contributed by atoms with E-state index in [0.29, 0.717) is 16.5 Å². The molecule has 0 unspecified atom stereocenters. The lowest BCUT2D eigenvalue weighted by atomic mass is 10.2. The molecule has 20 heavy (non-hydrogen) atoms. The van der Waals surface area contributed by atoms with Crippen LogP contribution in [0.4, 0.5) is 10.7 Å².